The van der Waals surface area contributed by atoms with Gasteiger partial charge < -0.3 is 10.5 Å². The van der Waals surface area contributed by atoms with E-state index in [0.29, 0.717) is 6.10 Å². The molecule has 3 nitrogen and oxygen atoms in total. The minimum absolute atomic E-state index is 0.263. The summed E-state index contributed by atoms with van der Waals surface area (Å²) in [5.74, 6) is 0. The van der Waals surface area contributed by atoms with E-state index in [0.717, 1.165) is 19.1 Å². The quantitative estimate of drug-likeness (QED) is 0.819. The average Bonchev–Trinajstić information content (AvgIpc) is 2.94. The Hall–Kier alpha value is -0.120. The van der Waals surface area contributed by atoms with Crippen LogP contribution in [0.5, 0.6) is 0 Å². The van der Waals surface area contributed by atoms with Crippen LogP contribution >= 0.6 is 0 Å². The highest BCUT2D eigenvalue weighted by Gasteiger charge is 2.42. The van der Waals surface area contributed by atoms with Gasteiger partial charge in [-0.15, -0.1) is 0 Å². The first-order valence-corrected chi connectivity index (χ1v) is 7.75. The minimum Gasteiger partial charge on any atom is -0.381 e. The zero-order valence-electron chi connectivity index (χ0n) is 12.2. The van der Waals surface area contributed by atoms with Gasteiger partial charge in [0.1, 0.15) is 0 Å². The molecule has 106 valence electrons. The van der Waals surface area contributed by atoms with Gasteiger partial charge in [0.15, 0.2) is 0 Å². The van der Waals surface area contributed by atoms with Crippen molar-refractivity contribution in [1.29, 1.82) is 0 Å². The Morgan fingerprint density at radius 3 is 2.22 bits per heavy atom. The maximum absolute atomic E-state index is 6.19. The number of nitrogens with two attached hydrogens (primary N) is 1. The lowest BCUT2D eigenvalue weighted by Crippen LogP contribution is -2.59. The lowest BCUT2D eigenvalue weighted by atomic mass is 9.78. The molecule has 0 aromatic heterocycles. The van der Waals surface area contributed by atoms with E-state index in [4.69, 9.17) is 10.5 Å². The van der Waals surface area contributed by atoms with E-state index in [1.165, 1.54) is 51.4 Å². The highest BCUT2D eigenvalue weighted by Crippen LogP contribution is 2.38. The van der Waals surface area contributed by atoms with E-state index in [1.54, 1.807) is 0 Å². The van der Waals surface area contributed by atoms with Gasteiger partial charge in [-0.3, -0.25) is 4.90 Å². The van der Waals surface area contributed by atoms with Gasteiger partial charge in [0.05, 0.1) is 6.10 Å². The monoisotopic (exact) mass is 254 g/mol. The number of likely N-dealkylation sites (N-methyl/N-ethyl adjacent to an activating group) is 1. The predicted octanol–water partition coefficient (Wildman–Crippen LogP) is 2.54. The fourth-order valence-corrected chi connectivity index (χ4v) is 4.17. The van der Waals surface area contributed by atoms with Crippen LogP contribution in [0, 0.1) is 0 Å². The summed E-state index contributed by atoms with van der Waals surface area (Å²) in [6, 6.07) is 0.789. The maximum atomic E-state index is 6.19. The summed E-state index contributed by atoms with van der Waals surface area (Å²) in [6.45, 7) is 4.27. The van der Waals surface area contributed by atoms with E-state index < -0.39 is 0 Å². The molecule has 2 aliphatic carbocycles. The third kappa shape index (κ3) is 2.73. The zero-order valence-corrected chi connectivity index (χ0v) is 12.2. The van der Waals surface area contributed by atoms with Crippen LogP contribution in [0.25, 0.3) is 0 Å². The topological polar surface area (TPSA) is 38.5 Å². The summed E-state index contributed by atoms with van der Waals surface area (Å²) in [7, 11) is 1.84. The highest BCUT2D eigenvalue weighted by atomic mass is 16.5. The number of methoxy groups -OCH3 is 1. The van der Waals surface area contributed by atoms with E-state index in [9.17, 15) is 0 Å². The smallest absolute Gasteiger partial charge is 0.0572 e. The summed E-state index contributed by atoms with van der Waals surface area (Å²) >= 11 is 0. The molecule has 0 bridgehead atoms. The molecule has 2 saturated carbocycles. The Labute approximate surface area is 112 Å². The van der Waals surface area contributed by atoms with Crippen LogP contribution in [0.4, 0.5) is 0 Å². The van der Waals surface area contributed by atoms with Gasteiger partial charge >= 0.3 is 0 Å². The van der Waals surface area contributed by atoms with Crippen LogP contribution in [0.1, 0.15) is 58.3 Å². The molecule has 2 fully saturated rings. The molecule has 0 aromatic rings. The standard InChI is InChI=1S/C15H30N2O/c1-3-17(13-6-4-5-7-13)15(12-16)10-8-14(18-2)9-11-15/h13-14H,3-12,16H2,1-2H3. The van der Waals surface area contributed by atoms with Crippen molar-refractivity contribution in [3.05, 3.63) is 0 Å². The molecule has 0 aliphatic heterocycles. The van der Waals surface area contributed by atoms with Crippen LogP contribution in [0.3, 0.4) is 0 Å². The number of nitrogens with zero attached hydrogens (tertiary/aromatic N) is 1. The van der Waals surface area contributed by atoms with Gasteiger partial charge in [-0.2, -0.15) is 0 Å². The van der Waals surface area contributed by atoms with Crippen LogP contribution < -0.4 is 5.73 Å². The average molecular weight is 254 g/mol. The Kier molecular flexibility index (Phi) is 5.05. The molecule has 0 amide bonds. The first-order valence-electron chi connectivity index (χ1n) is 7.75. The fraction of sp³-hybridized carbons (Fsp3) is 1.00. The van der Waals surface area contributed by atoms with Crippen LogP contribution in [0.15, 0.2) is 0 Å². The van der Waals surface area contributed by atoms with Crippen molar-refractivity contribution in [2.45, 2.75) is 76.0 Å². The number of ether oxygens (including phenoxy) is 1. The fourth-order valence-electron chi connectivity index (χ4n) is 4.17. The molecule has 2 N–H and O–H groups in total. The Morgan fingerprint density at radius 2 is 1.78 bits per heavy atom. The summed E-state index contributed by atoms with van der Waals surface area (Å²) < 4.78 is 5.51. The Balaban J connectivity index is 2.05. The molecule has 0 saturated heterocycles. The molecular weight excluding hydrogens is 224 g/mol. The second-order valence-corrected chi connectivity index (χ2v) is 6.09. The maximum Gasteiger partial charge on any atom is 0.0572 e. The molecule has 0 aromatic carbocycles. The van der Waals surface area contributed by atoms with Crippen molar-refractivity contribution in [2.24, 2.45) is 5.73 Å². The van der Waals surface area contributed by atoms with E-state index in [1.807, 2.05) is 7.11 Å². The van der Waals surface area contributed by atoms with Crippen molar-refractivity contribution in [3.8, 4) is 0 Å². The summed E-state index contributed by atoms with van der Waals surface area (Å²) in [5.41, 5.74) is 6.45. The van der Waals surface area contributed by atoms with Crippen LogP contribution in [-0.4, -0.2) is 42.8 Å². The van der Waals surface area contributed by atoms with E-state index >= 15 is 0 Å². The second kappa shape index (κ2) is 6.36. The Bertz CT molecular complexity index is 243. The van der Waals surface area contributed by atoms with Gasteiger partial charge in [-0.05, 0) is 45.1 Å². The van der Waals surface area contributed by atoms with Crippen molar-refractivity contribution < 1.29 is 4.74 Å². The summed E-state index contributed by atoms with van der Waals surface area (Å²) in [4.78, 5) is 2.74. The first-order chi connectivity index (χ1) is 8.75. The van der Waals surface area contributed by atoms with Gasteiger partial charge in [0, 0.05) is 25.2 Å². The van der Waals surface area contributed by atoms with Crippen LogP contribution in [-0.2, 0) is 4.74 Å². The minimum atomic E-state index is 0.263. The number of hydrogen-bond donors (Lipinski definition) is 1. The lowest BCUT2D eigenvalue weighted by molar-refractivity contribution is -0.0228. The van der Waals surface area contributed by atoms with Crippen molar-refractivity contribution >= 4 is 0 Å². The third-order valence-corrected chi connectivity index (χ3v) is 5.29. The molecule has 0 unspecified atom stereocenters. The second-order valence-electron chi connectivity index (χ2n) is 6.09. The summed E-state index contributed by atoms with van der Waals surface area (Å²) in [5, 5.41) is 0. The van der Waals surface area contributed by atoms with Crippen LogP contribution in [0.2, 0.25) is 0 Å². The molecule has 0 heterocycles. The third-order valence-electron chi connectivity index (χ3n) is 5.29. The van der Waals surface area contributed by atoms with Gasteiger partial charge in [0.25, 0.3) is 0 Å². The molecule has 0 radical (unpaired) electrons. The highest BCUT2D eigenvalue weighted by molar-refractivity contribution is 4.99. The molecule has 0 atom stereocenters. The summed E-state index contributed by atoms with van der Waals surface area (Å²) in [6.07, 6.45) is 10.8. The number of hydrogen-bond acceptors (Lipinski definition) is 3. The molecule has 2 aliphatic rings. The predicted molar refractivity (Wildman–Crippen MR) is 75.7 cm³/mol. The van der Waals surface area contributed by atoms with Crippen molar-refractivity contribution in [2.75, 3.05) is 20.2 Å². The molecule has 3 heteroatoms. The zero-order chi connectivity index (χ0) is 13.0. The molecule has 2 rings (SSSR count). The van der Waals surface area contributed by atoms with Crippen molar-refractivity contribution in [1.82, 2.24) is 4.90 Å². The molecular formula is C15H30N2O. The van der Waals surface area contributed by atoms with Gasteiger partial charge in [-0.1, -0.05) is 19.8 Å². The van der Waals surface area contributed by atoms with Gasteiger partial charge in [-0.25, -0.2) is 0 Å². The normalized spacial score (nSPS) is 34.3. The van der Waals surface area contributed by atoms with E-state index in [2.05, 4.69) is 11.8 Å². The Morgan fingerprint density at radius 1 is 1.17 bits per heavy atom. The van der Waals surface area contributed by atoms with E-state index in [-0.39, 0.29) is 5.54 Å². The lowest BCUT2D eigenvalue weighted by Gasteiger charge is -2.49. The first kappa shape index (κ1) is 14.3. The number of rotatable bonds is 5. The molecule has 18 heavy (non-hydrogen) atoms. The largest absolute Gasteiger partial charge is 0.381 e. The SMILES string of the molecule is CCN(C1CCCC1)C1(CN)CCC(OC)CC1. The van der Waals surface area contributed by atoms with Crippen molar-refractivity contribution in [3.63, 3.8) is 0 Å². The molecule has 0 spiro atoms. The van der Waals surface area contributed by atoms with Gasteiger partial charge in [0.2, 0.25) is 0 Å².